The molecule has 0 saturated heterocycles. The normalized spacial score (nSPS) is 12.0. The van der Waals surface area contributed by atoms with E-state index >= 15 is 0 Å². The largest absolute Gasteiger partial charge is 0.481 e. The molecular formula is C20H26N2O3. The molecule has 1 unspecified atom stereocenters. The van der Waals surface area contributed by atoms with Crippen LogP contribution in [0.25, 0.3) is 0 Å². The molecule has 0 fully saturated rings. The standard InChI is InChI=1S/C20H26N2O3/c1-5-22-14(3)10-18(15(22)4)19(23)21-12-17(20(24)25)11-16-8-6-7-13(2)9-16/h6-10,17H,5,11-12H2,1-4H3,(H,21,23)(H,24,25). The number of aryl methyl sites for hydroxylation is 2. The number of nitrogens with zero attached hydrogens (tertiary/aromatic N) is 1. The average molecular weight is 342 g/mol. The number of hydrogen-bond acceptors (Lipinski definition) is 2. The Hall–Kier alpha value is -2.56. The van der Waals surface area contributed by atoms with E-state index in [4.69, 9.17) is 0 Å². The molecule has 134 valence electrons. The summed E-state index contributed by atoms with van der Waals surface area (Å²) in [5, 5.41) is 12.3. The Morgan fingerprint density at radius 1 is 1.20 bits per heavy atom. The van der Waals surface area contributed by atoms with Gasteiger partial charge in [0.15, 0.2) is 0 Å². The lowest BCUT2D eigenvalue weighted by atomic mass is 9.98. The molecule has 1 aromatic carbocycles. The summed E-state index contributed by atoms with van der Waals surface area (Å²) < 4.78 is 2.07. The molecule has 0 bridgehead atoms. The molecule has 5 heteroatoms. The number of carboxylic acid groups (broad SMARTS) is 1. The van der Waals surface area contributed by atoms with Crippen molar-refractivity contribution in [2.24, 2.45) is 5.92 Å². The average Bonchev–Trinajstić information content (AvgIpc) is 2.85. The third-order valence-electron chi connectivity index (χ3n) is 4.56. The molecule has 0 aliphatic carbocycles. The van der Waals surface area contributed by atoms with Crippen molar-refractivity contribution >= 4 is 11.9 Å². The summed E-state index contributed by atoms with van der Waals surface area (Å²) in [4.78, 5) is 24.0. The van der Waals surface area contributed by atoms with Gasteiger partial charge in [0, 0.05) is 24.5 Å². The summed E-state index contributed by atoms with van der Waals surface area (Å²) in [6.07, 6.45) is 0.394. The van der Waals surface area contributed by atoms with Gasteiger partial charge in [-0.15, -0.1) is 0 Å². The monoisotopic (exact) mass is 342 g/mol. The number of benzene rings is 1. The van der Waals surface area contributed by atoms with Crippen LogP contribution in [0, 0.1) is 26.7 Å². The van der Waals surface area contributed by atoms with Gasteiger partial charge in [-0.05, 0) is 45.7 Å². The first-order valence-electron chi connectivity index (χ1n) is 8.56. The van der Waals surface area contributed by atoms with Crippen LogP contribution in [0.15, 0.2) is 30.3 Å². The summed E-state index contributed by atoms with van der Waals surface area (Å²) in [7, 11) is 0. The van der Waals surface area contributed by atoms with E-state index in [0.717, 1.165) is 29.1 Å². The van der Waals surface area contributed by atoms with Crippen LogP contribution >= 0.6 is 0 Å². The maximum absolute atomic E-state index is 12.5. The number of carbonyl (C=O) groups excluding carboxylic acids is 1. The first-order valence-corrected chi connectivity index (χ1v) is 8.56. The number of carboxylic acids is 1. The molecule has 5 nitrogen and oxygen atoms in total. The minimum Gasteiger partial charge on any atom is -0.481 e. The summed E-state index contributed by atoms with van der Waals surface area (Å²) >= 11 is 0. The van der Waals surface area contributed by atoms with E-state index in [-0.39, 0.29) is 12.5 Å². The molecular weight excluding hydrogens is 316 g/mol. The minimum atomic E-state index is -0.902. The highest BCUT2D eigenvalue weighted by Gasteiger charge is 2.21. The fourth-order valence-electron chi connectivity index (χ4n) is 3.20. The Balaban J connectivity index is 2.06. The summed E-state index contributed by atoms with van der Waals surface area (Å²) in [6, 6.07) is 9.64. The number of aliphatic carboxylic acids is 1. The van der Waals surface area contributed by atoms with Crippen molar-refractivity contribution in [3.63, 3.8) is 0 Å². The van der Waals surface area contributed by atoms with E-state index in [9.17, 15) is 14.7 Å². The Bertz CT molecular complexity index is 777. The Morgan fingerprint density at radius 2 is 1.92 bits per heavy atom. The molecule has 0 aliphatic rings. The fourth-order valence-corrected chi connectivity index (χ4v) is 3.20. The lowest BCUT2D eigenvalue weighted by Gasteiger charge is -2.14. The van der Waals surface area contributed by atoms with Crippen molar-refractivity contribution in [2.75, 3.05) is 6.54 Å². The van der Waals surface area contributed by atoms with Gasteiger partial charge in [0.25, 0.3) is 5.91 Å². The second kappa shape index (κ2) is 8.01. The predicted octanol–water partition coefficient (Wildman–Crippen LogP) is 3.11. The Kier molecular flexibility index (Phi) is 6.02. The molecule has 0 saturated carbocycles. The van der Waals surface area contributed by atoms with Crippen molar-refractivity contribution < 1.29 is 14.7 Å². The molecule has 1 atom stereocenters. The second-order valence-electron chi connectivity index (χ2n) is 6.47. The zero-order valence-electron chi connectivity index (χ0n) is 15.3. The van der Waals surface area contributed by atoms with E-state index in [1.807, 2.05) is 58.0 Å². The van der Waals surface area contributed by atoms with Gasteiger partial charge in [0.2, 0.25) is 0 Å². The van der Waals surface area contributed by atoms with Crippen molar-refractivity contribution in [3.05, 3.63) is 58.4 Å². The van der Waals surface area contributed by atoms with Gasteiger partial charge < -0.3 is 15.0 Å². The minimum absolute atomic E-state index is 0.109. The first-order chi connectivity index (χ1) is 11.8. The van der Waals surface area contributed by atoms with Crippen LogP contribution < -0.4 is 5.32 Å². The van der Waals surface area contributed by atoms with Crippen LogP contribution in [0.4, 0.5) is 0 Å². The zero-order valence-corrected chi connectivity index (χ0v) is 15.3. The van der Waals surface area contributed by atoms with Gasteiger partial charge >= 0.3 is 5.97 Å². The van der Waals surface area contributed by atoms with Gasteiger partial charge in [-0.1, -0.05) is 29.8 Å². The van der Waals surface area contributed by atoms with E-state index in [2.05, 4.69) is 9.88 Å². The number of aromatic nitrogens is 1. The second-order valence-corrected chi connectivity index (χ2v) is 6.47. The Labute approximate surface area is 148 Å². The van der Waals surface area contributed by atoms with Gasteiger partial charge in [-0.2, -0.15) is 0 Å². The van der Waals surface area contributed by atoms with Crippen LogP contribution in [-0.2, 0) is 17.8 Å². The molecule has 0 radical (unpaired) electrons. The molecule has 2 N–H and O–H groups in total. The fraction of sp³-hybridized carbons (Fsp3) is 0.400. The zero-order chi connectivity index (χ0) is 18.6. The molecule has 2 rings (SSSR count). The van der Waals surface area contributed by atoms with E-state index in [0.29, 0.717) is 12.0 Å². The van der Waals surface area contributed by atoms with E-state index in [1.165, 1.54) is 0 Å². The van der Waals surface area contributed by atoms with Crippen LogP contribution in [0.3, 0.4) is 0 Å². The summed E-state index contributed by atoms with van der Waals surface area (Å²) in [5.74, 6) is -1.77. The van der Waals surface area contributed by atoms with Gasteiger partial charge in [-0.3, -0.25) is 9.59 Å². The van der Waals surface area contributed by atoms with Crippen molar-refractivity contribution in [2.45, 2.75) is 40.7 Å². The first kappa shape index (κ1) is 18.8. The molecule has 1 amide bonds. The SMILES string of the molecule is CCn1c(C)cc(C(=O)NCC(Cc2cccc(C)c2)C(=O)O)c1C. The predicted molar refractivity (Wildman–Crippen MR) is 97.9 cm³/mol. The molecule has 0 aliphatic heterocycles. The lowest BCUT2D eigenvalue weighted by molar-refractivity contribution is -0.141. The molecule has 1 aromatic heterocycles. The van der Waals surface area contributed by atoms with Gasteiger partial charge in [0.05, 0.1) is 11.5 Å². The van der Waals surface area contributed by atoms with Crippen LogP contribution in [0.2, 0.25) is 0 Å². The number of rotatable bonds is 7. The van der Waals surface area contributed by atoms with Gasteiger partial charge in [-0.25, -0.2) is 0 Å². The Morgan fingerprint density at radius 3 is 2.48 bits per heavy atom. The number of amides is 1. The molecule has 1 heterocycles. The summed E-state index contributed by atoms with van der Waals surface area (Å²) in [5.41, 5.74) is 4.60. The third-order valence-corrected chi connectivity index (χ3v) is 4.56. The van der Waals surface area contributed by atoms with Crippen LogP contribution in [0.5, 0.6) is 0 Å². The number of carbonyl (C=O) groups is 2. The van der Waals surface area contributed by atoms with E-state index in [1.54, 1.807) is 0 Å². The van der Waals surface area contributed by atoms with Crippen molar-refractivity contribution in [1.82, 2.24) is 9.88 Å². The highest BCUT2D eigenvalue weighted by Crippen LogP contribution is 2.15. The van der Waals surface area contributed by atoms with Crippen molar-refractivity contribution in [3.8, 4) is 0 Å². The molecule has 25 heavy (non-hydrogen) atoms. The number of nitrogens with one attached hydrogen (secondary N) is 1. The van der Waals surface area contributed by atoms with Crippen LogP contribution in [0.1, 0.15) is 39.8 Å². The smallest absolute Gasteiger partial charge is 0.308 e. The quantitative estimate of drug-likeness (QED) is 0.812. The molecule has 0 spiro atoms. The highest BCUT2D eigenvalue weighted by molar-refractivity contribution is 5.95. The van der Waals surface area contributed by atoms with Gasteiger partial charge in [0.1, 0.15) is 0 Å². The third kappa shape index (κ3) is 4.50. The van der Waals surface area contributed by atoms with Crippen LogP contribution in [-0.4, -0.2) is 28.1 Å². The van der Waals surface area contributed by atoms with E-state index < -0.39 is 11.9 Å². The summed E-state index contributed by atoms with van der Waals surface area (Å²) in [6.45, 7) is 8.79. The van der Waals surface area contributed by atoms with Crippen molar-refractivity contribution in [1.29, 1.82) is 0 Å². The topological polar surface area (TPSA) is 71.3 Å². The number of hydrogen-bond donors (Lipinski definition) is 2. The maximum Gasteiger partial charge on any atom is 0.308 e. The maximum atomic E-state index is 12.5. The lowest BCUT2D eigenvalue weighted by Crippen LogP contribution is -2.34. The highest BCUT2D eigenvalue weighted by atomic mass is 16.4. The molecule has 2 aromatic rings.